The molecule has 1 aromatic carbocycles. The van der Waals surface area contributed by atoms with Gasteiger partial charge in [-0.1, -0.05) is 12.1 Å². The third-order valence-electron chi connectivity index (χ3n) is 7.85. The van der Waals surface area contributed by atoms with Crippen LogP contribution in [-0.4, -0.2) is 89.7 Å². The van der Waals surface area contributed by atoms with Crippen LogP contribution < -0.4 is 9.64 Å². The van der Waals surface area contributed by atoms with E-state index < -0.39 is 6.43 Å². The molecule has 9 nitrogen and oxygen atoms in total. The lowest BCUT2D eigenvalue weighted by Crippen LogP contribution is -2.45. The predicted octanol–water partition coefficient (Wildman–Crippen LogP) is 3.86. The van der Waals surface area contributed by atoms with Gasteiger partial charge in [-0.05, 0) is 43.7 Å². The van der Waals surface area contributed by atoms with Crippen molar-refractivity contribution < 1.29 is 23.0 Å². The first-order chi connectivity index (χ1) is 18.7. The summed E-state index contributed by atoms with van der Waals surface area (Å²) in [6, 6.07) is 9.67. The summed E-state index contributed by atoms with van der Waals surface area (Å²) in [5.74, 6) is 1.04. The van der Waals surface area contributed by atoms with E-state index in [0.717, 1.165) is 52.0 Å². The third-order valence-corrected chi connectivity index (χ3v) is 7.85. The zero-order valence-electron chi connectivity index (χ0n) is 21.5. The minimum Gasteiger partial charge on any atom is -0.463 e. The predicted molar refractivity (Wildman–Crippen MR) is 138 cm³/mol. The SMILES string of the molecule is FC(F)c1nc2ccccc2n1-c1cc(N2CCOCC2)nc(OC[C@H]2CC[C@H](N3CCOCC3)CC2)n1. The molecule has 38 heavy (non-hydrogen) atoms. The van der Waals surface area contributed by atoms with Crippen LogP contribution in [0.5, 0.6) is 6.01 Å². The first-order valence-corrected chi connectivity index (χ1v) is 13.6. The van der Waals surface area contributed by atoms with E-state index in [2.05, 4.69) is 24.8 Å². The fourth-order valence-corrected chi connectivity index (χ4v) is 5.78. The maximum absolute atomic E-state index is 14.1. The largest absolute Gasteiger partial charge is 0.463 e. The third kappa shape index (κ3) is 5.45. The average Bonchev–Trinajstić information content (AvgIpc) is 3.37. The number of hydrogen-bond acceptors (Lipinski definition) is 8. The standard InChI is InChI=1S/C27H34F2N6O3/c28-25(29)26-30-21-3-1-2-4-22(21)35(26)24-17-23(34-11-15-37-16-12-34)31-27(32-24)38-18-19-5-7-20(8-6-19)33-9-13-36-14-10-33/h1-4,17,19-20,25H,5-16,18H2/t19-,20-. The molecule has 3 aromatic rings. The summed E-state index contributed by atoms with van der Waals surface area (Å²) in [5.41, 5.74) is 1.07. The minimum atomic E-state index is -2.75. The molecule has 4 heterocycles. The van der Waals surface area contributed by atoms with Crippen molar-refractivity contribution in [3.63, 3.8) is 0 Å². The number of nitrogens with zero attached hydrogens (tertiary/aromatic N) is 6. The van der Waals surface area contributed by atoms with Crippen molar-refractivity contribution in [3.8, 4) is 11.8 Å². The highest BCUT2D eigenvalue weighted by molar-refractivity contribution is 5.78. The molecule has 3 aliphatic rings. The second-order valence-corrected chi connectivity index (χ2v) is 10.2. The minimum absolute atomic E-state index is 0.206. The molecule has 0 spiro atoms. The number of hydrogen-bond donors (Lipinski definition) is 0. The van der Waals surface area contributed by atoms with E-state index in [9.17, 15) is 8.78 Å². The highest BCUT2D eigenvalue weighted by Gasteiger charge is 2.28. The Morgan fingerprint density at radius 3 is 2.29 bits per heavy atom. The lowest BCUT2D eigenvalue weighted by atomic mass is 9.85. The van der Waals surface area contributed by atoms with E-state index >= 15 is 0 Å². The number of ether oxygens (including phenoxy) is 3. The molecule has 0 unspecified atom stereocenters. The van der Waals surface area contributed by atoms with Crippen molar-refractivity contribution in [1.29, 1.82) is 0 Å². The Morgan fingerprint density at radius 2 is 1.55 bits per heavy atom. The number of morpholine rings is 2. The van der Waals surface area contributed by atoms with Crippen LogP contribution in [0.25, 0.3) is 16.9 Å². The fraction of sp³-hybridized carbons (Fsp3) is 0.593. The van der Waals surface area contributed by atoms with E-state index in [0.29, 0.717) is 67.5 Å². The number of imidazole rings is 1. The van der Waals surface area contributed by atoms with Gasteiger partial charge in [0, 0.05) is 38.3 Å². The number of para-hydroxylation sites is 2. The number of fused-ring (bicyclic) bond motifs is 1. The lowest BCUT2D eigenvalue weighted by molar-refractivity contribution is 0.00287. The molecule has 1 saturated carbocycles. The molecule has 6 rings (SSSR count). The summed E-state index contributed by atoms with van der Waals surface area (Å²) in [4.78, 5) is 18.1. The highest BCUT2D eigenvalue weighted by atomic mass is 19.3. The van der Waals surface area contributed by atoms with Crippen LogP contribution in [0, 0.1) is 5.92 Å². The Kier molecular flexibility index (Phi) is 7.66. The Balaban J connectivity index is 1.24. The van der Waals surface area contributed by atoms with Gasteiger partial charge in [0.25, 0.3) is 6.43 Å². The Bertz CT molecular complexity index is 1220. The monoisotopic (exact) mass is 528 g/mol. The average molecular weight is 529 g/mol. The van der Waals surface area contributed by atoms with Crippen molar-refractivity contribution in [2.24, 2.45) is 5.92 Å². The van der Waals surface area contributed by atoms with Crippen LogP contribution in [0.2, 0.25) is 0 Å². The molecule has 2 aromatic heterocycles. The Hall–Kier alpha value is -2.89. The normalized spacial score (nSPS) is 23.3. The van der Waals surface area contributed by atoms with E-state index in [1.165, 1.54) is 4.57 Å². The lowest BCUT2D eigenvalue weighted by Gasteiger charge is -2.38. The van der Waals surface area contributed by atoms with Gasteiger partial charge >= 0.3 is 6.01 Å². The Morgan fingerprint density at radius 1 is 0.868 bits per heavy atom. The van der Waals surface area contributed by atoms with Gasteiger partial charge in [-0.2, -0.15) is 9.97 Å². The Labute approximate surface area is 220 Å². The summed E-state index contributed by atoms with van der Waals surface area (Å²) in [6.45, 7) is 6.66. The van der Waals surface area contributed by atoms with Crippen molar-refractivity contribution in [2.45, 2.75) is 38.2 Å². The summed E-state index contributed by atoms with van der Waals surface area (Å²) < 4.78 is 46.7. The van der Waals surface area contributed by atoms with Crippen molar-refractivity contribution >= 4 is 16.9 Å². The number of benzene rings is 1. The molecule has 2 saturated heterocycles. The number of rotatable bonds is 7. The zero-order chi connectivity index (χ0) is 25.9. The molecule has 1 aliphatic carbocycles. The smallest absolute Gasteiger partial charge is 0.320 e. The molecule has 2 aliphatic heterocycles. The molecule has 3 fully saturated rings. The number of aromatic nitrogens is 4. The number of alkyl halides is 2. The van der Waals surface area contributed by atoms with Gasteiger partial charge in [-0.25, -0.2) is 13.8 Å². The molecule has 0 atom stereocenters. The van der Waals surface area contributed by atoms with Crippen LogP contribution in [0.3, 0.4) is 0 Å². The summed E-state index contributed by atoms with van der Waals surface area (Å²) in [7, 11) is 0. The molecule has 204 valence electrons. The number of anilines is 1. The van der Waals surface area contributed by atoms with E-state index in [-0.39, 0.29) is 11.8 Å². The van der Waals surface area contributed by atoms with Gasteiger partial charge in [0.15, 0.2) is 5.82 Å². The molecule has 0 bridgehead atoms. The van der Waals surface area contributed by atoms with E-state index in [4.69, 9.17) is 14.2 Å². The maximum Gasteiger partial charge on any atom is 0.320 e. The second kappa shape index (κ2) is 11.5. The molecule has 0 radical (unpaired) electrons. The number of halogens is 2. The summed E-state index contributed by atoms with van der Waals surface area (Å²) >= 11 is 0. The van der Waals surface area contributed by atoms with Gasteiger partial charge in [0.1, 0.15) is 11.6 Å². The van der Waals surface area contributed by atoms with Crippen LogP contribution in [-0.2, 0) is 9.47 Å². The summed E-state index contributed by atoms with van der Waals surface area (Å²) in [5, 5.41) is 0. The first kappa shape index (κ1) is 25.4. The van der Waals surface area contributed by atoms with Gasteiger partial charge in [-0.3, -0.25) is 9.47 Å². The molecule has 11 heteroatoms. The van der Waals surface area contributed by atoms with Crippen molar-refractivity contribution in [2.75, 3.05) is 64.1 Å². The maximum atomic E-state index is 14.1. The van der Waals surface area contributed by atoms with Crippen molar-refractivity contribution in [3.05, 3.63) is 36.2 Å². The van der Waals surface area contributed by atoms with Crippen LogP contribution in [0.15, 0.2) is 30.3 Å². The quantitative estimate of drug-likeness (QED) is 0.458. The van der Waals surface area contributed by atoms with E-state index in [1.54, 1.807) is 24.3 Å². The van der Waals surface area contributed by atoms with Gasteiger partial charge in [0.05, 0.1) is 44.1 Å². The zero-order valence-corrected chi connectivity index (χ0v) is 21.5. The van der Waals surface area contributed by atoms with Crippen LogP contribution in [0.1, 0.15) is 37.9 Å². The van der Waals surface area contributed by atoms with Gasteiger partial charge in [-0.15, -0.1) is 0 Å². The second-order valence-electron chi connectivity index (χ2n) is 10.2. The van der Waals surface area contributed by atoms with Crippen LogP contribution >= 0.6 is 0 Å². The topological polar surface area (TPSA) is 77.8 Å². The van der Waals surface area contributed by atoms with Gasteiger partial charge < -0.3 is 19.1 Å². The molecule has 0 amide bonds. The molecular formula is C27H34F2N6O3. The fourth-order valence-electron chi connectivity index (χ4n) is 5.78. The van der Waals surface area contributed by atoms with Crippen molar-refractivity contribution in [1.82, 2.24) is 24.4 Å². The molecule has 0 N–H and O–H groups in total. The van der Waals surface area contributed by atoms with E-state index in [1.807, 2.05) is 6.07 Å². The molecular weight excluding hydrogens is 494 g/mol. The first-order valence-electron chi connectivity index (χ1n) is 13.6. The summed E-state index contributed by atoms with van der Waals surface area (Å²) in [6.07, 6.45) is 1.70. The van der Waals surface area contributed by atoms with Gasteiger partial charge in [0.2, 0.25) is 0 Å². The highest BCUT2D eigenvalue weighted by Crippen LogP contribution is 2.31. The van der Waals surface area contributed by atoms with Crippen LogP contribution in [0.4, 0.5) is 14.6 Å².